The van der Waals surface area contributed by atoms with Gasteiger partial charge in [-0.1, -0.05) is 23.7 Å². The molecule has 96 valence electrons. The van der Waals surface area contributed by atoms with E-state index in [1.165, 1.54) is 0 Å². The maximum atomic E-state index is 9.02. The van der Waals surface area contributed by atoms with Crippen LogP contribution in [0.25, 0.3) is 0 Å². The number of nitriles is 1. The number of nitrogens with two attached hydrogens (primary N) is 1. The van der Waals surface area contributed by atoms with Gasteiger partial charge in [0, 0.05) is 16.3 Å². The number of hydrogen-bond donors (Lipinski definition) is 1. The average molecular weight is 273 g/mol. The van der Waals surface area contributed by atoms with Crippen molar-refractivity contribution < 1.29 is 4.74 Å². The van der Waals surface area contributed by atoms with Gasteiger partial charge >= 0.3 is 0 Å². The van der Waals surface area contributed by atoms with Crippen molar-refractivity contribution in [2.75, 3.05) is 5.73 Å². The topological polar surface area (TPSA) is 59.0 Å². The second-order valence-corrected chi connectivity index (χ2v) is 4.66. The van der Waals surface area contributed by atoms with Crippen LogP contribution in [0.5, 0.6) is 5.75 Å². The molecule has 2 N–H and O–H groups in total. The lowest BCUT2D eigenvalue weighted by Crippen LogP contribution is -1.99. The fraction of sp³-hybridized carbons (Fsp3) is 0.133. The van der Waals surface area contributed by atoms with E-state index >= 15 is 0 Å². The molecule has 4 heteroatoms. The minimum absolute atomic E-state index is 0.317. The molecular weight excluding hydrogens is 260 g/mol. The fourth-order valence-corrected chi connectivity index (χ4v) is 1.98. The van der Waals surface area contributed by atoms with E-state index in [1.54, 1.807) is 18.2 Å². The number of halogens is 1. The molecule has 0 aromatic heterocycles. The van der Waals surface area contributed by atoms with Gasteiger partial charge in [0.25, 0.3) is 0 Å². The van der Waals surface area contributed by atoms with Crippen molar-refractivity contribution in [3.63, 3.8) is 0 Å². The molecule has 0 unspecified atom stereocenters. The van der Waals surface area contributed by atoms with Crippen LogP contribution in [0.15, 0.2) is 36.4 Å². The molecule has 2 aromatic carbocycles. The largest absolute Gasteiger partial charge is 0.487 e. The monoisotopic (exact) mass is 272 g/mol. The highest BCUT2D eigenvalue weighted by Crippen LogP contribution is 2.24. The molecule has 0 amide bonds. The van der Waals surface area contributed by atoms with Crippen molar-refractivity contribution >= 4 is 17.3 Å². The van der Waals surface area contributed by atoms with E-state index in [0.29, 0.717) is 28.6 Å². The maximum Gasteiger partial charge on any atom is 0.137 e. The van der Waals surface area contributed by atoms with Gasteiger partial charge in [0.05, 0.1) is 5.56 Å². The first-order chi connectivity index (χ1) is 9.10. The Morgan fingerprint density at radius 3 is 2.74 bits per heavy atom. The van der Waals surface area contributed by atoms with Gasteiger partial charge in [-0.2, -0.15) is 5.26 Å². The number of aryl methyl sites for hydroxylation is 1. The third-order valence-corrected chi connectivity index (χ3v) is 3.07. The summed E-state index contributed by atoms with van der Waals surface area (Å²) in [6, 6.07) is 12.8. The summed E-state index contributed by atoms with van der Waals surface area (Å²) >= 11 is 6.13. The van der Waals surface area contributed by atoms with Gasteiger partial charge < -0.3 is 10.5 Å². The van der Waals surface area contributed by atoms with E-state index in [2.05, 4.69) is 6.07 Å². The second kappa shape index (κ2) is 5.64. The van der Waals surface area contributed by atoms with Crippen molar-refractivity contribution in [2.24, 2.45) is 0 Å². The van der Waals surface area contributed by atoms with Crippen LogP contribution in [0.1, 0.15) is 16.7 Å². The predicted molar refractivity (Wildman–Crippen MR) is 76.1 cm³/mol. The van der Waals surface area contributed by atoms with Crippen molar-refractivity contribution in [3.8, 4) is 11.8 Å². The number of hydrogen-bond acceptors (Lipinski definition) is 3. The zero-order valence-corrected chi connectivity index (χ0v) is 11.2. The number of nitrogen functional groups attached to an aromatic ring is 1. The smallest absolute Gasteiger partial charge is 0.137 e. The third kappa shape index (κ3) is 3.18. The maximum absolute atomic E-state index is 9.02. The molecule has 0 aliphatic carbocycles. The Morgan fingerprint density at radius 2 is 2.05 bits per heavy atom. The van der Waals surface area contributed by atoms with Gasteiger partial charge in [-0.05, 0) is 36.8 Å². The van der Waals surface area contributed by atoms with Crippen molar-refractivity contribution in [1.29, 1.82) is 5.26 Å². The molecule has 0 spiro atoms. The normalized spacial score (nSPS) is 9.95. The molecule has 0 radical (unpaired) electrons. The highest BCUT2D eigenvalue weighted by molar-refractivity contribution is 6.31. The average Bonchev–Trinajstić information content (AvgIpc) is 2.39. The Hall–Kier alpha value is -2.18. The summed E-state index contributed by atoms with van der Waals surface area (Å²) in [5.41, 5.74) is 8.56. The Bertz CT molecular complexity index is 647. The molecule has 0 aliphatic heterocycles. The van der Waals surface area contributed by atoms with Crippen LogP contribution in [0.2, 0.25) is 5.02 Å². The SMILES string of the molecule is Cc1ccc(COc2ccc(N)cc2C#N)c(Cl)c1. The molecular formula is C15H13ClN2O. The summed E-state index contributed by atoms with van der Waals surface area (Å²) in [6.45, 7) is 2.29. The van der Waals surface area contributed by atoms with E-state index in [1.807, 2.05) is 25.1 Å². The molecule has 19 heavy (non-hydrogen) atoms. The van der Waals surface area contributed by atoms with E-state index < -0.39 is 0 Å². The van der Waals surface area contributed by atoms with Crippen molar-refractivity contribution in [1.82, 2.24) is 0 Å². The van der Waals surface area contributed by atoms with Gasteiger partial charge in [-0.15, -0.1) is 0 Å². The van der Waals surface area contributed by atoms with Crippen LogP contribution in [-0.2, 0) is 6.61 Å². The summed E-state index contributed by atoms with van der Waals surface area (Å²) in [6.07, 6.45) is 0. The van der Waals surface area contributed by atoms with E-state index in [0.717, 1.165) is 11.1 Å². The van der Waals surface area contributed by atoms with Crippen LogP contribution in [0, 0.1) is 18.3 Å². The van der Waals surface area contributed by atoms with Crippen molar-refractivity contribution in [2.45, 2.75) is 13.5 Å². The summed E-state index contributed by atoms with van der Waals surface area (Å²) in [7, 11) is 0. The van der Waals surface area contributed by atoms with Crippen LogP contribution < -0.4 is 10.5 Å². The standard InChI is InChI=1S/C15H13ClN2O/c1-10-2-3-11(14(16)6-10)9-19-15-5-4-13(18)7-12(15)8-17/h2-7H,9,18H2,1H3. The minimum atomic E-state index is 0.317. The Labute approximate surface area is 117 Å². The zero-order chi connectivity index (χ0) is 13.8. The Balaban J connectivity index is 2.17. The number of anilines is 1. The first kappa shape index (κ1) is 13.3. The molecule has 0 atom stereocenters. The van der Waals surface area contributed by atoms with Gasteiger partial charge in [-0.25, -0.2) is 0 Å². The Morgan fingerprint density at radius 1 is 1.26 bits per heavy atom. The highest BCUT2D eigenvalue weighted by atomic mass is 35.5. The van der Waals surface area contributed by atoms with E-state index in [9.17, 15) is 0 Å². The number of ether oxygens (including phenoxy) is 1. The first-order valence-electron chi connectivity index (χ1n) is 5.77. The molecule has 0 fully saturated rings. The number of benzene rings is 2. The Kier molecular flexibility index (Phi) is 3.94. The summed E-state index contributed by atoms with van der Waals surface area (Å²) in [5, 5.41) is 9.68. The molecule has 3 nitrogen and oxygen atoms in total. The first-order valence-corrected chi connectivity index (χ1v) is 6.15. The molecule has 0 saturated carbocycles. The predicted octanol–water partition coefficient (Wildman–Crippen LogP) is 3.68. The van der Waals surface area contributed by atoms with Crippen LogP contribution >= 0.6 is 11.6 Å². The van der Waals surface area contributed by atoms with Gasteiger partial charge in [-0.3, -0.25) is 0 Å². The minimum Gasteiger partial charge on any atom is -0.487 e. The molecule has 0 bridgehead atoms. The number of rotatable bonds is 3. The summed E-state index contributed by atoms with van der Waals surface area (Å²) < 4.78 is 5.63. The van der Waals surface area contributed by atoms with Gasteiger partial charge in [0.2, 0.25) is 0 Å². The quantitative estimate of drug-likeness (QED) is 0.867. The lowest BCUT2D eigenvalue weighted by Gasteiger charge is -2.10. The van der Waals surface area contributed by atoms with Crippen LogP contribution in [-0.4, -0.2) is 0 Å². The van der Waals surface area contributed by atoms with Gasteiger partial charge in [0.15, 0.2) is 0 Å². The van der Waals surface area contributed by atoms with E-state index in [-0.39, 0.29) is 0 Å². The molecule has 0 aliphatic rings. The van der Waals surface area contributed by atoms with Crippen LogP contribution in [0.3, 0.4) is 0 Å². The summed E-state index contributed by atoms with van der Waals surface area (Å²) in [5.74, 6) is 0.508. The van der Waals surface area contributed by atoms with Crippen LogP contribution in [0.4, 0.5) is 5.69 Å². The lowest BCUT2D eigenvalue weighted by molar-refractivity contribution is 0.305. The molecule has 0 saturated heterocycles. The van der Waals surface area contributed by atoms with E-state index in [4.69, 9.17) is 27.3 Å². The van der Waals surface area contributed by atoms with Gasteiger partial charge in [0.1, 0.15) is 18.4 Å². The third-order valence-electron chi connectivity index (χ3n) is 2.72. The van der Waals surface area contributed by atoms with Crippen molar-refractivity contribution in [3.05, 3.63) is 58.1 Å². The summed E-state index contributed by atoms with van der Waals surface area (Å²) in [4.78, 5) is 0. The zero-order valence-electron chi connectivity index (χ0n) is 10.5. The lowest BCUT2D eigenvalue weighted by atomic mass is 10.1. The fourth-order valence-electron chi connectivity index (χ4n) is 1.69. The molecule has 2 aromatic rings. The number of nitrogens with zero attached hydrogens (tertiary/aromatic N) is 1. The molecule has 2 rings (SSSR count). The molecule has 0 heterocycles. The highest BCUT2D eigenvalue weighted by Gasteiger charge is 2.06. The second-order valence-electron chi connectivity index (χ2n) is 4.25.